The predicted octanol–water partition coefficient (Wildman–Crippen LogP) is 3.08. The molecule has 6 nitrogen and oxygen atoms in total. The fraction of sp³-hybridized carbons (Fsp3) is 0.368. The molecule has 0 unspecified atom stereocenters. The van der Waals surface area contributed by atoms with Crippen molar-refractivity contribution in [1.82, 2.24) is 4.31 Å². The summed E-state index contributed by atoms with van der Waals surface area (Å²) in [6, 6.07) is 10.5. The van der Waals surface area contributed by atoms with Crippen LogP contribution in [0.3, 0.4) is 0 Å². The van der Waals surface area contributed by atoms with E-state index in [1.165, 1.54) is 36.7 Å². The van der Waals surface area contributed by atoms with Crippen molar-refractivity contribution in [3.8, 4) is 17.2 Å². The van der Waals surface area contributed by atoms with Crippen molar-refractivity contribution in [1.29, 1.82) is 0 Å². The summed E-state index contributed by atoms with van der Waals surface area (Å²) in [6.07, 6.45) is 0.990. The molecule has 1 fully saturated rings. The van der Waals surface area contributed by atoms with Gasteiger partial charge in [-0.15, -0.1) is 0 Å². The SMILES string of the molecule is COc1ccc(S(=O)(=O)N2CCC(Oc3ccc(F)cc3)CC2)c(OC)c1. The van der Waals surface area contributed by atoms with E-state index in [2.05, 4.69) is 0 Å². The topological polar surface area (TPSA) is 65.1 Å². The van der Waals surface area contributed by atoms with Crippen LogP contribution in [0.4, 0.5) is 4.39 Å². The Bertz CT molecular complexity index is 877. The Morgan fingerprint density at radius 3 is 2.19 bits per heavy atom. The molecule has 27 heavy (non-hydrogen) atoms. The minimum Gasteiger partial charge on any atom is -0.497 e. The molecule has 1 aliphatic heterocycles. The van der Waals surface area contributed by atoms with E-state index in [0.717, 1.165) is 0 Å². The average Bonchev–Trinajstić information content (AvgIpc) is 2.69. The van der Waals surface area contributed by atoms with Gasteiger partial charge in [0.25, 0.3) is 0 Å². The van der Waals surface area contributed by atoms with Crippen molar-refractivity contribution in [2.45, 2.75) is 23.8 Å². The zero-order valence-electron chi connectivity index (χ0n) is 15.2. The van der Waals surface area contributed by atoms with E-state index < -0.39 is 10.0 Å². The van der Waals surface area contributed by atoms with E-state index in [1.807, 2.05) is 0 Å². The number of sulfonamides is 1. The zero-order valence-corrected chi connectivity index (χ0v) is 16.0. The summed E-state index contributed by atoms with van der Waals surface area (Å²) >= 11 is 0. The maximum atomic E-state index is 13.0. The molecule has 1 saturated heterocycles. The van der Waals surface area contributed by atoms with Crippen LogP contribution in [0.5, 0.6) is 17.2 Å². The molecule has 0 radical (unpaired) electrons. The van der Waals surface area contributed by atoms with Crippen LogP contribution in [0.1, 0.15) is 12.8 Å². The lowest BCUT2D eigenvalue weighted by Crippen LogP contribution is -2.41. The lowest BCUT2D eigenvalue weighted by molar-refractivity contribution is 0.135. The lowest BCUT2D eigenvalue weighted by Gasteiger charge is -2.31. The van der Waals surface area contributed by atoms with Crippen molar-refractivity contribution in [2.75, 3.05) is 27.3 Å². The Kier molecular flexibility index (Phi) is 5.86. The summed E-state index contributed by atoms with van der Waals surface area (Å²) in [6.45, 7) is 0.673. The Balaban J connectivity index is 1.68. The van der Waals surface area contributed by atoms with Crippen LogP contribution in [0.2, 0.25) is 0 Å². The molecule has 0 aromatic heterocycles. The molecule has 8 heteroatoms. The monoisotopic (exact) mass is 395 g/mol. The van der Waals surface area contributed by atoms with Gasteiger partial charge < -0.3 is 14.2 Å². The second kappa shape index (κ2) is 8.14. The summed E-state index contributed by atoms with van der Waals surface area (Å²) in [5.74, 6) is 1.03. The van der Waals surface area contributed by atoms with Crippen LogP contribution in [0.25, 0.3) is 0 Å². The number of piperidine rings is 1. The van der Waals surface area contributed by atoms with Gasteiger partial charge in [0, 0.05) is 19.2 Å². The summed E-state index contributed by atoms with van der Waals surface area (Å²) in [5, 5.41) is 0. The quantitative estimate of drug-likeness (QED) is 0.752. The third-order valence-electron chi connectivity index (χ3n) is 4.51. The Labute approximate surface area is 158 Å². The van der Waals surface area contributed by atoms with E-state index in [0.29, 0.717) is 37.4 Å². The number of methoxy groups -OCH3 is 2. The van der Waals surface area contributed by atoms with Gasteiger partial charge in [-0.2, -0.15) is 4.31 Å². The van der Waals surface area contributed by atoms with Gasteiger partial charge in [0.2, 0.25) is 10.0 Å². The van der Waals surface area contributed by atoms with Gasteiger partial charge in [0.1, 0.15) is 34.1 Å². The molecular formula is C19H22FNO5S. The van der Waals surface area contributed by atoms with Gasteiger partial charge >= 0.3 is 0 Å². The van der Waals surface area contributed by atoms with E-state index in [4.69, 9.17) is 14.2 Å². The molecule has 0 amide bonds. The largest absolute Gasteiger partial charge is 0.497 e. The van der Waals surface area contributed by atoms with Crippen LogP contribution >= 0.6 is 0 Å². The minimum absolute atomic E-state index is 0.111. The van der Waals surface area contributed by atoms with Gasteiger partial charge in [0.15, 0.2) is 0 Å². The van der Waals surface area contributed by atoms with Crippen molar-refractivity contribution < 1.29 is 27.0 Å². The molecule has 3 rings (SSSR count). The molecule has 0 spiro atoms. The van der Waals surface area contributed by atoms with Gasteiger partial charge in [-0.3, -0.25) is 0 Å². The molecule has 2 aromatic carbocycles. The van der Waals surface area contributed by atoms with Crippen LogP contribution in [0, 0.1) is 5.82 Å². The standard InChI is InChI=1S/C19H22FNO5S/c1-24-17-7-8-19(18(13-17)25-2)27(22,23)21-11-9-16(10-12-21)26-15-5-3-14(20)4-6-15/h3-8,13,16H,9-12H2,1-2H3. The van der Waals surface area contributed by atoms with Gasteiger partial charge in [-0.25, -0.2) is 12.8 Å². The van der Waals surface area contributed by atoms with Crippen molar-refractivity contribution in [2.24, 2.45) is 0 Å². The van der Waals surface area contributed by atoms with Gasteiger partial charge in [-0.05, 0) is 49.2 Å². The van der Waals surface area contributed by atoms with Crippen LogP contribution < -0.4 is 14.2 Å². The van der Waals surface area contributed by atoms with Crippen molar-refractivity contribution in [3.05, 3.63) is 48.3 Å². The first kappa shape index (κ1) is 19.4. The molecule has 0 N–H and O–H groups in total. The highest BCUT2D eigenvalue weighted by Gasteiger charge is 2.32. The molecule has 0 saturated carbocycles. The first-order valence-electron chi connectivity index (χ1n) is 8.58. The molecule has 1 aliphatic rings. The molecule has 1 heterocycles. The average molecular weight is 395 g/mol. The number of halogens is 1. The fourth-order valence-corrected chi connectivity index (χ4v) is 4.63. The van der Waals surface area contributed by atoms with Crippen molar-refractivity contribution >= 4 is 10.0 Å². The third-order valence-corrected chi connectivity index (χ3v) is 6.44. The number of hydrogen-bond donors (Lipinski definition) is 0. The summed E-state index contributed by atoms with van der Waals surface area (Å²) in [4.78, 5) is 0.115. The van der Waals surface area contributed by atoms with Crippen LogP contribution in [-0.2, 0) is 10.0 Å². The van der Waals surface area contributed by atoms with Gasteiger partial charge in [-0.1, -0.05) is 0 Å². The number of ether oxygens (including phenoxy) is 3. The Morgan fingerprint density at radius 1 is 0.963 bits per heavy atom. The highest BCUT2D eigenvalue weighted by molar-refractivity contribution is 7.89. The molecule has 0 atom stereocenters. The summed E-state index contributed by atoms with van der Waals surface area (Å²) < 4.78 is 56.6. The van der Waals surface area contributed by atoms with E-state index in [9.17, 15) is 12.8 Å². The van der Waals surface area contributed by atoms with E-state index in [1.54, 1.807) is 24.3 Å². The molecule has 0 bridgehead atoms. The maximum Gasteiger partial charge on any atom is 0.246 e. The first-order chi connectivity index (χ1) is 12.9. The number of benzene rings is 2. The molecule has 2 aromatic rings. The maximum absolute atomic E-state index is 13.0. The Morgan fingerprint density at radius 2 is 1.59 bits per heavy atom. The minimum atomic E-state index is -3.68. The fourth-order valence-electron chi connectivity index (χ4n) is 3.02. The molecule has 146 valence electrons. The highest BCUT2D eigenvalue weighted by Crippen LogP contribution is 2.32. The predicted molar refractivity (Wildman–Crippen MR) is 98.4 cm³/mol. The second-order valence-corrected chi connectivity index (χ2v) is 8.10. The first-order valence-corrected chi connectivity index (χ1v) is 10.0. The van der Waals surface area contributed by atoms with Crippen LogP contribution in [-0.4, -0.2) is 46.1 Å². The Hall–Kier alpha value is -2.32. The molecule has 0 aliphatic carbocycles. The van der Waals surface area contributed by atoms with Crippen LogP contribution in [0.15, 0.2) is 47.4 Å². The number of rotatable bonds is 6. The van der Waals surface area contributed by atoms with E-state index >= 15 is 0 Å². The number of nitrogens with zero attached hydrogens (tertiary/aromatic N) is 1. The molecular weight excluding hydrogens is 373 g/mol. The van der Waals surface area contributed by atoms with Gasteiger partial charge in [0.05, 0.1) is 14.2 Å². The summed E-state index contributed by atoms with van der Waals surface area (Å²) in [5.41, 5.74) is 0. The zero-order chi connectivity index (χ0) is 19.4. The number of hydrogen-bond acceptors (Lipinski definition) is 5. The normalized spacial score (nSPS) is 16.1. The van der Waals surface area contributed by atoms with Crippen molar-refractivity contribution in [3.63, 3.8) is 0 Å². The second-order valence-electron chi connectivity index (χ2n) is 6.19. The third kappa shape index (κ3) is 4.33. The lowest BCUT2D eigenvalue weighted by atomic mass is 10.1. The van der Waals surface area contributed by atoms with E-state index in [-0.39, 0.29) is 22.6 Å². The smallest absolute Gasteiger partial charge is 0.246 e. The highest BCUT2D eigenvalue weighted by atomic mass is 32.2. The summed E-state index contributed by atoms with van der Waals surface area (Å²) in [7, 11) is -0.748.